The second-order valence-corrected chi connectivity index (χ2v) is 2.12. The van der Waals surface area contributed by atoms with Gasteiger partial charge in [0.1, 0.15) is 19.3 Å². The number of carbonyl (C=O) groups is 3. The van der Waals surface area contributed by atoms with Crippen LogP contribution in [0.4, 0.5) is 0 Å². The molecule has 0 aromatic rings. The highest BCUT2D eigenvalue weighted by Gasteiger charge is 2.18. The number of ether oxygens (including phenoxy) is 1. The van der Waals surface area contributed by atoms with Crippen LogP contribution in [0.2, 0.25) is 0 Å². The molecule has 1 atom stereocenters. The highest BCUT2D eigenvalue weighted by atomic mass is 16.5. The second kappa shape index (κ2) is 5.22. The fourth-order valence-electron chi connectivity index (χ4n) is 0.382. The minimum absolute atomic E-state index is 0.597. The van der Waals surface area contributed by atoms with Crippen molar-refractivity contribution in [3.63, 3.8) is 0 Å². The monoisotopic (exact) mass is 191 g/mol. The Balaban J connectivity index is 3.83. The minimum Gasteiger partial charge on any atom is -0.480 e. The summed E-state index contributed by atoms with van der Waals surface area (Å²) in [6, 6.07) is -1.37. The number of aliphatic carboxylic acids is 1. The zero-order chi connectivity index (χ0) is 10.4. The van der Waals surface area contributed by atoms with Crippen LogP contribution < -0.4 is 5.73 Å². The molecule has 74 valence electrons. The van der Waals surface area contributed by atoms with E-state index in [1.807, 2.05) is 0 Å². The fourth-order valence-corrected chi connectivity index (χ4v) is 0.382. The Kier molecular flexibility index (Phi) is 4.63. The number of carboxylic acid groups (broad SMARTS) is 1. The van der Waals surface area contributed by atoms with E-state index in [1.54, 1.807) is 0 Å². The predicted molar refractivity (Wildman–Crippen MR) is 38.7 cm³/mol. The first-order chi connectivity index (χ1) is 5.99. The number of ketones is 1. The normalized spacial score (nSPS) is 11.8. The predicted octanol–water partition coefficient (Wildman–Crippen LogP) is -2.50. The van der Waals surface area contributed by atoms with Gasteiger partial charge in [0, 0.05) is 0 Å². The smallest absolute Gasteiger partial charge is 0.377 e. The highest BCUT2D eigenvalue weighted by Crippen LogP contribution is 1.85. The van der Waals surface area contributed by atoms with Crippen molar-refractivity contribution in [3.8, 4) is 0 Å². The molecule has 0 fully saturated rings. The molecule has 0 aromatic carbocycles. The quantitative estimate of drug-likeness (QED) is 0.324. The van der Waals surface area contributed by atoms with Crippen molar-refractivity contribution >= 4 is 17.7 Å². The van der Waals surface area contributed by atoms with E-state index >= 15 is 0 Å². The van der Waals surface area contributed by atoms with Crippen LogP contribution in [0.25, 0.3) is 0 Å². The molecule has 0 aliphatic carbocycles. The Morgan fingerprint density at radius 2 is 1.92 bits per heavy atom. The van der Waals surface area contributed by atoms with Gasteiger partial charge in [-0.3, -0.25) is 9.59 Å². The highest BCUT2D eigenvalue weighted by molar-refractivity contribution is 6.34. The van der Waals surface area contributed by atoms with Crippen molar-refractivity contribution in [1.82, 2.24) is 0 Å². The van der Waals surface area contributed by atoms with E-state index in [0.717, 1.165) is 0 Å². The number of nitrogens with two attached hydrogens (primary N) is 1. The third-order valence-electron chi connectivity index (χ3n) is 1.08. The van der Waals surface area contributed by atoms with Crippen LogP contribution in [-0.4, -0.2) is 47.2 Å². The minimum atomic E-state index is -1.37. The molecule has 0 heterocycles. The standard InChI is InChI=1S/C6H9NO6/c7-3(5(10)11)2-13-6(12)4(9)1-8/h3,8H,1-2,7H2,(H,10,11)/t3-/m0/s1. The summed E-state index contributed by atoms with van der Waals surface area (Å²) in [5.41, 5.74) is 4.96. The molecular weight excluding hydrogens is 182 g/mol. The maximum atomic E-state index is 10.5. The molecule has 0 bridgehead atoms. The summed E-state index contributed by atoms with van der Waals surface area (Å²) in [7, 11) is 0. The number of hydrogen-bond donors (Lipinski definition) is 3. The molecule has 0 aliphatic rings. The maximum Gasteiger partial charge on any atom is 0.377 e. The Morgan fingerprint density at radius 1 is 1.38 bits per heavy atom. The molecule has 0 aliphatic heterocycles. The topological polar surface area (TPSA) is 127 Å². The summed E-state index contributed by atoms with van der Waals surface area (Å²) in [5, 5.41) is 16.4. The van der Waals surface area contributed by atoms with Gasteiger partial charge in [-0.2, -0.15) is 0 Å². The molecule has 0 rings (SSSR count). The van der Waals surface area contributed by atoms with Gasteiger partial charge >= 0.3 is 11.9 Å². The molecule has 0 saturated carbocycles. The molecule has 0 amide bonds. The number of carboxylic acids is 1. The molecule has 0 spiro atoms. The lowest BCUT2D eigenvalue weighted by Gasteiger charge is -2.05. The first kappa shape index (κ1) is 11.5. The number of aliphatic hydroxyl groups excluding tert-OH is 1. The van der Waals surface area contributed by atoms with Crippen molar-refractivity contribution in [2.75, 3.05) is 13.2 Å². The summed E-state index contributed by atoms with van der Waals surface area (Å²) in [4.78, 5) is 31.0. The molecule has 0 aromatic heterocycles. The van der Waals surface area contributed by atoms with E-state index in [4.69, 9.17) is 15.9 Å². The van der Waals surface area contributed by atoms with E-state index in [-0.39, 0.29) is 0 Å². The van der Waals surface area contributed by atoms with Crippen LogP contribution in [0.15, 0.2) is 0 Å². The van der Waals surface area contributed by atoms with E-state index < -0.39 is 37.0 Å². The SMILES string of the molecule is N[C@@H](COC(=O)C(=O)CO)C(=O)O. The Bertz CT molecular complexity index is 225. The largest absolute Gasteiger partial charge is 0.480 e. The second-order valence-electron chi connectivity index (χ2n) is 2.12. The van der Waals surface area contributed by atoms with Crippen LogP contribution in [0, 0.1) is 0 Å². The van der Waals surface area contributed by atoms with E-state index in [9.17, 15) is 14.4 Å². The summed E-state index contributed by atoms with van der Waals surface area (Å²) < 4.78 is 4.16. The van der Waals surface area contributed by atoms with Gasteiger partial charge in [-0.25, -0.2) is 4.79 Å². The van der Waals surface area contributed by atoms with Crippen LogP contribution in [-0.2, 0) is 19.1 Å². The first-order valence-corrected chi connectivity index (χ1v) is 3.28. The molecule has 13 heavy (non-hydrogen) atoms. The number of rotatable bonds is 5. The molecule has 4 N–H and O–H groups in total. The number of Topliss-reactive ketones (excluding diaryl/α,β-unsaturated/α-hetero) is 1. The molecule has 0 unspecified atom stereocenters. The van der Waals surface area contributed by atoms with Gasteiger partial charge in [0.05, 0.1) is 0 Å². The fraction of sp³-hybridized carbons (Fsp3) is 0.500. The van der Waals surface area contributed by atoms with Gasteiger partial charge < -0.3 is 20.7 Å². The first-order valence-electron chi connectivity index (χ1n) is 3.28. The van der Waals surface area contributed by atoms with Gasteiger partial charge in [0.2, 0.25) is 0 Å². The molecule has 7 nitrogen and oxygen atoms in total. The lowest BCUT2D eigenvalue weighted by molar-refractivity contribution is -0.156. The van der Waals surface area contributed by atoms with Crippen molar-refractivity contribution < 1.29 is 29.3 Å². The third-order valence-corrected chi connectivity index (χ3v) is 1.08. The summed E-state index contributed by atoms with van der Waals surface area (Å²) in [5.74, 6) is -3.78. The maximum absolute atomic E-state index is 10.5. The summed E-state index contributed by atoms with van der Waals surface area (Å²) in [6.45, 7) is -1.57. The van der Waals surface area contributed by atoms with Gasteiger partial charge in [0.25, 0.3) is 5.78 Å². The van der Waals surface area contributed by atoms with E-state index in [1.165, 1.54) is 0 Å². The lowest BCUT2D eigenvalue weighted by Crippen LogP contribution is -2.37. The average Bonchev–Trinajstić information content (AvgIpc) is 2.11. The van der Waals surface area contributed by atoms with E-state index in [0.29, 0.717) is 0 Å². The zero-order valence-electron chi connectivity index (χ0n) is 6.60. The van der Waals surface area contributed by atoms with Crippen LogP contribution in [0.3, 0.4) is 0 Å². The Hall–Kier alpha value is -1.47. The Morgan fingerprint density at radius 3 is 2.31 bits per heavy atom. The Labute approximate surface area is 73.1 Å². The third kappa shape index (κ3) is 4.19. The number of carbonyl (C=O) groups excluding carboxylic acids is 2. The van der Waals surface area contributed by atoms with Crippen LogP contribution >= 0.6 is 0 Å². The van der Waals surface area contributed by atoms with Crippen molar-refractivity contribution in [2.24, 2.45) is 5.73 Å². The van der Waals surface area contributed by atoms with Gasteiger partial charge in [-0.05, 0) is 0 Å². The molecular formula is C6H9NO6. The summed E-state index contributed by atoms with van der Waals surface area (Å²) in [6.07, 6.45) is 0. The van der Waals surface area contributed by atoms with Gasteiger partial charge in [0.15, 0.2) is 0 Å². The van der Waals surface area contributed by atoms with Crippen molar-refractivity contribution in [1.29, 1.82) is 0 Å². The van der Waals surface area contributed by atoms with Crippen molar-refractivity contribution in [2.45, 2.75) is 6.04 Å². The lowest BCUT2D eigenvalue weighted by atomic mass is 10.3. The van der Waals surface area contributed by atoms with Crippen LogP contribution in [0.1, 0.15) is 0 Å². The summed E-state index contributed by atoms with van der Waals surface area (Å²) >= 11 is 0. The van der Waals surface area contributed by atoms with Gasteiger partial charge in [-0.1, -0.05) is 0 Å². The van der Waals surface area contributed by atoms with E-state index in [2.05, 4.69) is 4.74 Å². The molecule has 0 radical (unpaired) electrons. The molecule has 0 saturated heterocycles. The van der Waals surface area contributed by atoms with Gasteiger partial charge in [-0.15, -0.1) is 0 Å². The number of esters is 1. The number of hydrogen-bond acceptors (Lipinski definition) is 6. The zero-order valence-corrected chi connectivity index (χ0v) is 6.60. The number of aliphatic hydroxyl groups is 1. The van der Waals surface area contributed by atoms with Crippen molar-refractivity contribution in [3.05, 3.63) is 0 Å². The van der Waals surface area contributed by atoms with Crippen LogP contribution in [0.5, 0.6) is 0 Å². The molecule has 7 heteroatoms. The average molecular weight is 191 g/mol.